The lowest BCUT2D eigenvalue weighted by Gasteiger charge is -2.15. The largest absolute Gasteiger partial charge is 0.298 e. The van der Waals surface area contributed by atoms with Crippen LogP contribution in [0.15, 0.2) is 36.7 Å². The van der Waals surface area contributed by atoms with Gasteiger partial charge < -0.3 is 0 Å². The van der Waals surface area contributed by atoms with Gasteiger partial charge in [0.2, 0.25) is 5.13 Å². The number of amides is 1. The van der Waals surface area contributed by atoms with Crippen LogP contribution in [0.3, 0.4) is 0 Å². The van der Waals surface area contributed by atoms with Crippen LogP contribution in [0.25, 0.3) is 0 Å². The minimum absolute atomic E-state index is 0.273. The van der Waals surface area contributed by atoms with Gasteiger partial charge in [-0.15, -0.1) is 15.3 Å². The second kappa shape index (κ2) is 5.75. The molecule has 1 atom stereocenters. The highest BCUT2D eigenvalue weighted by atomic mass is 32.1. The van der Waals surface area contributed by atoms with Crippen LogP contribution in [-0.4, -0.2) is 36.3 Å². The Balaban J connectivity index is 1.90. The first kappa shape index (κ1) is 13.3. The molecule has 106 valence electrons. The van der Waals surface area contributed by atoms with Gasteiger partial charge in [0.1, 0.15) is 11.3 Å². The van der Waals surface area contributed by atoms with Crippen molar-refractivity contribution >= 4 is 22.4 Å². The third-order valence-electron chi connectivity index (χ3n) is 2.75. The molecule has 0 fully saturated rings. The Morgan fingerprint density at radius 1 is 1.29 bits per heavy atom. The molecule has 21 heavy (non-hydrogen) atoms. The van der Waals surface area contributed by atoms with Gasteiger partial charge in [-0.3, -0.25) is 10.1 Å². The van der Waals surface area contributed by atoms with Crippen LogP contribution in [0.4, 0.5) is 5.13 Å². The van der Waals surface area contributed by atoms with E-state index >= 15 is 0 Å². The lowest BCUT2D eigenvalue weighted by Crippen LogP contribution is -2.27. The Hall–Kier alpha value is -2.68. The van der Waals surface area contributed by atoms with E-state index < -0.39 is 6.04 Å². The highest BCUT2D eigenvalue weighted by Crippen LogP contribution is 2.20. The van der Waals surface area contributed by atoms with Crippen LogP contribution in [0.1, 0.15) is 16.6 Å². The molecule has 1 aromatic carbocycles. The predicted molar refractivity (Wildman–Crippen MR) is 75.7 cm³/mol. The number of rotatable bonds is 4. The molecule has 0 bridgehead atoms. The molecule has 0 unspecified atom stereocenters. The minimum Gasteiger partial charge on any atom is -0.298 e. The normalized spacial score (nSPS) is 12.0. The van der Waals surface area contributed by atoms with Gasteiger partial charge in [0.25, 0.3) is 5.91 Å². The summed E-state index contributed by atoms with van der Waals surface area (Å²) in [6.45, 7) is 1.82. The summed E-state index contributed by atoms with van der Waals surface area (Å²) in [5, 5.41) is 22.7. The maximum Gasteiger partial charge on any atom is 0.255 e. The third kappa shape index (κ3) is 2.92. The first-order valence-corrected chi connectivity index (χ1v) is 6.94. The molecule has 0 saturated heterocycles. The summed E-state index contributed by atoms with van der Waals surface area (Å²) in [4.78, 5) is 12.5. The van der Waals surface area contributed by atoms with E-state index in [1.54, 1.807) is 0 Å². The van der Waals surface area contributed by atoms with E-state index in [0.717, 1.165) is 10.6 Å². The second-order valence-corrected chi connectivity index (χ2v) is 5.40. The van der Waals surface area contributed by atoms with Crippen molar-refractivity contribution in [2.45, 2.75) is 13.0 Å². The zero-order valence-corrected chi connectivity index (χ0v) is 11.9. The van der Waals surface area contributed by atoms with E-state index in [1.165, 1.54) is 22.3 Å². The van der Waals surface area contributed by atoms with Crippen molar-refractivity contribution in [3.63, 3.8) is 0 Å². The van der Waals surface area contributed by atoms with Gasteiger partial charge in [-0.25, -0.2) is 4.68 Å². The average Bonchev–Trinajstić information content (AvgIpc) is 3.13. The lowest BCUT2D eigenvalue weighted by atomic mass is 10.1. The summed E-state index contributed by atoms with van der Waals surface area (Å²) in [7, 11) is 0. The summed E-state index contributed by atoms with van der Waals surface area (Å²) in [6.07, 6.45) is 1.41. The van der Waals surface area contributed by atoms with Crippen molar-refractivity contribution in [1.82, 2.24) is 30.4 Å². The predicted octanol–water partition coefficient (Wildman–Crippen LogP) is 1.06. The molecule has 0 spiro atoms. The van der Waals surface area contributed by atoms with Crippen LogP contribution in [-0.2, 0) is 4.79 Å². The topological polar surface area (TPSA) is 98.5 Å². The first-order chi connectivity index (χ1) is 10.2. The zero-order chi connectivity index (χ0) is 14.7. The standard InChI is InChI=1S/C12H11N7OS/c1-8-15-16-12(21-8)14-11(20)10(19-7-13-17-18-19)9-5-3-2-4-6-9/h2-7,10H,1H3,(H,14,16,20)/t10-/m0/s1. The molecule has 9 heteroatoms. The van der Waals surface area contributed by atoms with E-state index in [4.69, 9.17) is 0 Å². The van der Waals surface area contributed by atoms with Gasteiger partial charge in [-0.1, -0.05) is 41.7 Å². The van der Waals surface area contributed by atoms with E-state index in [0.29, 0.717) is 5.13 Å². The second-order valence-electron chi connectivity index (χ2n) is 4.22. The summed E-state index contributed by atoms with van der Waals surface area (Å²) in [6, 6.07) is 8.62. The number of carbonyl (C=O) groups is 1. The lowest BCUT2D eigenvalue weighted by molar-refractivity contribution is -0.118. The van der Waals surface area contributed by atoms with Gasteiger partial charge in [0, 0.05) is 0 Å². The molecule has 3 rings (SSSR count). The fourth-order valence-electron chi connectivity index (χ4n) is 1.87. The first-order valence-electron chi connectivity index (χ1n) is 6.12. The fraction of sp³-hybridized carbons (Fsp3) is 0.167. The highest BCUT2D eigenvalue weighted by molar-refractivity contribution is 7.15. The molecule has 0 radical (unpaired) electrons. The summed E-state index contributed by atoms with van der Waals surface area (Å²) in [5.74, 6) is -0.273. The molecule has 2 heterocycles. The smallest absolute Gasteiger partial charge is 0.255 e. The van der Waals surface area contributed by atoms with Gasteiger partial charge in [0.15, 0.2) is 6.04 Å². The molecule has 0 aliphatic rings. The summed E-state index contributed by atoms with van der Waals surface area (Å²) in [5.41, 5.74) is 0.781. The Kier molecular flexibility index (Phi) is 3.65. The number of hydrogen-bond donors (Lipinski definition) is 1. The number of aryl methyl sites for hydroxylation is 1. The minimum atomic E-state index is -0.662. The van der Waals surface area contributed by atoms with Gasteiger partial charge in [-0.05, 0) is 22.9 Å². The number of hydrogen-bond acceptors (Lipinski definition) is 7. The van der Waals surface area contributed by atoms with Crippen LogP contribution in [0.2, 0.25) is 0 Å². The van der Waals surface area contributed by atoms with Crippen molar-refractivity contribution in [3.8, 4) is 0 Å². The van der Waals surface area contributed by atoms with E-state index in [9.17, 15) is 4.79 Å². The highest BCUT2D eigenvalue weighted by Gasteiger charge is 2.24. The van der Waals surface area contributed by atoms with Crippen LogP contribution < -0.4 is 5.32 Å². The SMILES string of the molecule is Cc1nnc(NC(=O)[C@H](c2ccccc2)n2cnnn2)s1. The molecule has 0 aliphatic carbocycles. The molecular formula is C12H11N7OS. The fourth-order valence-corrected chi connectivity index (χ4v) is 2.46. The molecule has 8 nitrogen and oxygen atoms in total. The van der Waals surface area contributed by atoms with Crippen molar-refractivity contribution < 1.29 is 4.79 Å². The Morgan fingerprint density at radius 3 is 2.71 bits per heavy atom. The Morgan fingerprint density at radius 2 is 2.10 bits per heavy atom. The van der Waals surface area contributed by atoms with Crippen LogP contribution >= 0.6 is 11.3 Å². The molecule has 0 saturated carbocycles. The Labute approximate surface area is 123 Å². The number of nitrogens with one attached hydrogen (secondary N) is 1. The number of aromatic nitrogens is 6. The molecule has 1 N–H and O–H groups in total. The van der Waals surface area contributed by atoms with Gasteiger partial charge >= 0.3 is 0 Å². The Bertz CT molecular complexity index is 725. The molecule has 3 aromatic rings. The van der Waals surface area contributed by atoms with Gasteiger partial charge in [-0.2, -0.15) is 0 Å². The third-order valence-corrected chi connectivity index (χ3v) is 3.50. The quantitative estimate of drug-likeness (QED) is 0.773. The van der Waals surface area contributed by atoms with Crippen molar-refractivity contribution in [3.05, 3.63) is 47.2 Å². The average molecular weight is 301 g/mol. The van der Waals surface area contributed by atoms with E-state index in [2.05, 4.69) is 31.0 Å². The molecule has 2 aromatic heterocycles. The molecule has 1 amide bonds. The number of benzene rings is 1. The number of nitrogens with zero attached hydrogens (tertiary/aromatic N) is 6. The number of anilines is 1. The van der Waals surface area contributed by atoms with Crippen LogP contribution in [0.5, 0.6) is 0 Å². The number of carbonyl (C=O) groups excluding carboxylic acids is 1. The van der Waals surface area contributed by atoms with Crippen LogP contribution in [0, 0.1) is 6.92 Å². The van der Waals surface area contributed by atoms with E-state index in [-0.39, 0.29) is 5.91 Å². The van der Waals surface area contributed by atoms with Crippen molar-refractivity contribution in [1.29, 1.82) is 0 Å². The monoisotopic (exact) mass is 301 g/mol. The molecule has 0 aliphatic heterocycles. The van der Waals surface area contributed by atoms with E-state index in [1.807, 2.05) is 37.3 Å². The zero-order valence-electron chi connectivity index (χ0n) is 11.0. The summed E-state index contributed by atoms with van der Waals surface area (Å²) < 4.78 is 1.40. The molecular weight excluding hydrogens is 290 g/mol. The maximum atomic E-state index is 12.5. The summed E-state index contributed by atoms with van der Waals surface area (Å²) >= 11 is 1.31. The number of tetrazole rings is 1. The van der Waals surface area contributed by atoms with Crippen molar-refractivity contribution in [2.75, 3.05) is 5.32 Å². The maximum absolute atomic E-state index is 12.5. The van der Waals surface area contributed by atoms with Gasteiger partial charge in [0.05, 0.1) is 0 Å². The van der Waals surface area contributed by atoms with Crippen molar-refractivity contribution in [2.24, 2.45) is 0 Å².